The van der Waals surface area contributed by atoms with E-state index in [0.29, 0.717) is 6.61 Å². The van der Waals surface area contributed by atoms with E-state index in [4.69, 9.17) is 10.5 Å². The fourth-order valence-corrected chi connectivity index (χ4v) is 1.98. The number of hydrogen-bond acceptors (Lipinski definition) is 8. The SMILES string of the molecule is CCCCOC(=O)NCC(=O)Nc1ccc(/N=N/c2ccccc2O)c(N)n1. The van der Waals surface area contributed by atoms with Gasteiger partial charge in [-0.2, -0.15) is 0 Å². The highest BCUT2D eigenvalue weighted by molar-refractivity contribution is 5.93. The maximum absolute atomic E-state index is 11.9. The first-order chi connectivity index (χ1) is 13.5. The summed E-state index contributed by atoms with van der Waals surface area (Å²) in [7, 11) is 0. The minimum Gasteiger partial charge on any atom is -0.506 e. The number of phenols is 1. The van der Waals surface area contributed by atoms with Crippen LogP contribution >= 0.6 is 0 Å². The number of azo groups is 1. The quantitative estimate of drug-likeness (QED) is 0.404. The summed E-state index contributed by atoms with van der Waals surface area (Å²) < 4.78 is 4.88. The first kappa shape index (κ1) is 20.6. The number of nitrogens with zero attached hydrogens (tertiary/aromatic N) is 3. The van der Waals surface area contributed by atoms with Crippen molar-refractivity contribution in [3.05, 3.63) is 36.4 Å². The average Bonchev–Trinajstić information content (AvgIpc) is 2.67. The second kappa shape index (κ2) is 10.5. The van der Waals surface area contributed by atoms with Crippen molar-refractivity contribution < 1.29 is 19.4 Å². The van der Waals surface area contributed by atoms with E-state index >= 15 is 0 Å². The van der Waals surface area contributed by atoms with Crippen LogP contribution in [0.4, 0.5) is 27.8 Å². The molecule has 10 heteroatoms. The third kappa shape index (κ3) is 6.56. The van der Waals surface area contributed by atoms with Gasteiger partial charge in [0, 0.05) is 0 Å². The predicted octanol–water partition coefficient (Wildman–Crippen LogP) is 3.25. The first-order valence-electron chi connectivity index (χ1n) is 8.66. The van der Waals surface area contributed by atoms with Crippen LogP contribution in [-0.2, 0) is 9.53 Å². The number of anilines is 2. The molecular weight excluding hydrogens is 364 g/mol. The van der Waals surface area contributed by atoms with E-state index in [9.17, 15) is 14.7 Å². The van der Waals surface area contributed by atoms with Crippen molar-refractivity contribution in [3.8, 4) is 5.75 Å². The van der Waals surface area contributed by atoms with Crippen LogP contribution in [0, 0.1) is 0 Å². The zero-order valence-corrected chi connectivity index (χ0v) is 15.4. The number of rotatable bonds is 8. The number of nitrogen functional groups attached to an aromatic ring is 1. The topological polar surface area (TPSA) is 151 Å². The summed E-state index contributed by atoms with van der Waals surface area (Å²) in [5.74, 6) is -0.251. The number of nitrogens with two attached hydrogens (primary N) is 1. The number of alkyl carbamates (subject to hydrolysis) is 1. The number of benzene rings is 1. The number of aromatic nitrogens is 1. The number of carbonyl (C=O) groups is 2. The molecule has 0 spiro atoms. The number of para-hydroxylation sites is 1. The highest BCUT2D eigenvalue weighted by Crippen LogP contribution is 2.29. The van der Waals surface area contributed by atoms with Gasteiger partial charge in [0.05, 0.1) is 6.61 Å². The van der Waals surface area contributed by atoms with Gasteiger partial charge in [0.1, 0.15) is 29.5 Å². The lowest BCUT2D eigenvalue weighted by atomic mass is 10.3. The molecule has 10 nitrogen and oxygen atoms in total. The van der Waals surface area contributed by atoms with Gasteiger partial charge in [-0.05, 0) is 30.7 Å². The number of amides is 2. The van der Waals surface area contributed by atoms with E-state index in [0.717, 1.165) is 12.8 Å². The number of phenolic OH excluding ortho intramolecular Hbond substituents is 1. The van der Waals surface area contributed by atoms with Gasteiger partial charge in [-0.25, -0.2) is 9.78 Å². The number of carbonyl (C=O) groups excluding carboxylic acids is 2. The Bertz CT molecular complexity index is 856. The van der Waals surface area contributed by atoms with Crippen molar-refractivity contribution in [2.24, 2.45) is 10.2 Å². The number of unbranched alkanes of at least 4 members (excludes halogenated alkanes) is 1. The van der Waals surface area contributed by atoms with Crippen LogP contribution < -0.4 is 16.4 Å². The fraction of sp³-hybridized carbons (Fsp3) is 0.278. The number of pyridine rings is 1. The van der Waals surface area contributed by atoms with Crippen molar-refractivity contribution >= 4 is 35.0 Å². The van der Waals surface area contributed by atoms with Crippen LogP contribution in [0.1, 0.15) is 19.8 Å². The maximum Gasteiger partial charge on any atom is 0.407 e. The van der Waals surface area contributed by atoms with E-state index in [-0.39, 0.29) is 35.3 Å². The monoisotopic (exact) mass is 386 g/mol. The lowest BCUT2D eigenvalue weighted by Gasteiger charge is -2.08. The molecule has 0 aliphatic carbocycles. The molecule has 2 rings (SSSR count). The summed E-state index contributed by atoms with van der Waals surface area (Å²) >= 11 is 0. The maximum atomic E-state index is 11.9. The van der Waals surface area contributed by atoms with E-state index in [2.05, 4.69) is 25.8 Å². The molecule has 0 fully saturated rings. The minimum atomic E-state index is -0.656. The Kier molecular flexibility index (Phi) is 7.70. The molecule has 1 aromatic heterocycles. The average molecular weight is 386 g/mol. The molecule has 2 amide bonds. The van der Waals surface area contributed by atoms with Crippen LogP contribution in [-0.4, -0.2) is 35.2 Å². The second-order valence-electron chi connectivity index (χ2n) is 5.68. The van der Waals surface area contributed by atoms with Crippen LogP contribution in [0.3, 0.4) is 0 Å². The van der Waals surface area contributed by atoms with Gasteiger partial charge in [0.25, 0.3) is 0 Å². The highest BCUT2D eigenvalue weighted by Gasteiger charge is 2.09. The molecule has 5 N–H and O–H groups in total. The Labute approximate surface area is 161 Å². The zero-order valence-electron chi connectivity index (χ0n) is 15.4. The molecule has 28 heavy (non-hydrogen) atoms. The summed E-state index contributed by atoms with van der Waals surface area (Å²) in [4.78, 5) is 27.3. The van der Waals surface area contributed by atoms with E-state index < -0.39 is 12.0 Å². The standard InChI is InChI=1S/C18H22N6O4/c1-2-3-10-28-18(27)20-11-16(26)21-15-9-8-13(17(19)22-15)24-23-12-6-4-5-7-14(12)25/h4-9,25H,2-3,10-11H2,1H3,(H,20,27)(H3,19,21,22,26)/b24-23+. The van der Waals surface area contributed by atoms with Crippen LogP contribution in [0.25, 0.3) is 0 Å². The van der Waals surface area contributed by atoms with Crippen molar-refractivity contribution in [1.82, 2.24) is 10.3 Å². The van der Waals surface area contributed by atoms with Gasteiger partial charge in [-0.1, -0.05) is 25.5 Å². The summed E-state index contributed by atoms with van der Waals surface area (Å²) in [5.41, 5.74) is 6.39. The summed E-state index contributed by atoms with van der Waals surface area (Å²) in [6.45, 7) is 2.02. The molecule has 0 bridgehead atoms. The van der Waals surface area contributed by atoms with Crippen molar-refractivity contribution in [2.45, 2.75) is 19.8 Å². The molecule has 0 aliphatic rings. The highest BCUT2D eigenvalue weighted by atomic mass is 16.5. The summed E-state index contributed by atoms with van der Waals surface area (Å²) in [6, 6.07) is 9.48. The fourth-order valence-electron chi connectivity index (χ4n) is 1.98. The van der Waals surface area contributed by atoms with Gasteiger partial charge in [0.2, 0.25) is 5.91 Å². The number of nitrogens with one attached hydrogen (secondary N) is 2. The van der Waals surface area contributed by atoms with Crippen molar-refractivity contribution in [2.75, 3.05) is 24.2 Å². The van der Waals surface area contributed by atoms with E-state index in [1.165, 1.54) is 18.2 Å². The lowest BCUT2D eigenvalue weighted by molar-refractivity contribution is -0.115. The molecule has 2 aromatic rings. The normalized spacial score (nSPS) is 10.6. The molecular formula is C18H22N6O4. The Morgan fingerprint density at radius 1 is 1.18 bits per heavy atom. The van der Waals surface area contributed by atoms with Crippen LogP contribution in [0.2, 0.25) is 0 Å². The van der Waals surface area contributed by atoms with Crippen molar-refractivity contribution in [1.29, 1.82) is 0 Å². The van der Waals surface area contributed by atoms with Gasteiger partial charge < -0.3 is 26.2 Å². The molecule has 0 radical (unpaired) electrons. The summed E-state index contributed by atoms with van der Waals surface area (Å²) in [6.07, 6.45) is 1.01. The third-order valence-electron chi connectivity index (χ3n) is 3.44. The van der Waals surface area contributed by atoms with Gasteiger partial charge in [0.15, 0.2) is 5.82 Å². The molecule has 0 saturated carbocycles. The molecule has 0 saturated heterocycles. The Morgan fingerprint density at radius 3 is 2.64 bits per heavy atom. The Balaban J connectivity index is 1.88. The number of aromatic hydroxyl groups is 1. The lowest BCUT2D eigenvalue weighted by Crippen LogP contribution is -2.33. The largest absolute Gasteiger partial charge is 0.506 e. The Hall–Kier alpha value is -3.69. The molecule has 1 heterocycles. The number of hydrogen-bond donors (Lipinski definition) is 4. The molecule has 148 valence electrons. The van der Waals surface area contributed by atoms with Crippen molar-refractivity contribution in [3.63, 3.8) is 0 Å². The zero-order chi connectivity index (χ0) is 20.4. The molecule has 1 aromatic carbocycles. The van der Waals surface area contributed by atoms with Gasteiger partial charge in [-0.3, -0.25) is 4.79 Å². The minimum absolute atomic E-state index is 0.0117. The molecule has 0 aliphatic heterocycles. The van der Waals surface area contributed by atoms with Gasteiger partial charge in [-0.15, -0.1) is 10.2 Å². The smallest absolute Gasteiger partial charge is 0.407 e. The van der Waals surface area contributed by atoms with E-state index in [1.807, 2.05) is 6.92 Å². The molecule has 0 atom stereocenters. The second-order valence-corrected chi connectivity index (χ2v) is 5.68. The van der Waals surface area contributed by atoms with Crippen LogP contribution in [0.15, 0.2) is 46.6 Å². The predicted molar refractivity (Wildman–Crippen MR) is 104 cm³/mol. The number of ether oxygens (including phenoxy) is 1. The Morgan fingerprint density at radius 2 is 1.93 bits per heavy atom. The van der Waals surface area contributed by atoms with Crippen LogP contribution in [0.5, 0.6) is 5.75 Å². The van der Waals surface area contributed by atoms with Gasteiger partial charge >= 0.3 is 6.09 Å². The molecule has 0 unspecified atom stereocenters. The third-order valence-corrected chi connectivity index (χ3v) is 3.44. The summed E-state index contributed by atoms with van der Waals surface area (Å²) in [5, 5.41) is 22.4. The first-order valence-corrected chi connectivity index (χ1v) is 8.66. The van der Waals surface area contributed by atoms with E-state index in [1.54, 1.807) is 18.2 Å².